The molecule has 0 saturated heterocycles. The van der Waals surface area contributed by atoms with Crippen LogP contribution in [-0.4, -0.2) is 31.4 Å². The van der Waals surface area contributed by atoms with Crippen molar-refractivity contribution in [3.63, 3.8) is 0 Å². The smallest absolute Gasteiger partial charge is 0.264 e. The van der Waals surface area contributed by atoms with E-state index in [0.717, 1.165) is 0 Å². The summed E-state index contributed by atoms with van der Waals surface area (Å²) in [6.07, 6.45) is 2.62. The van der Waals surface area contributed by atoms with Crippen molar-refractivity contribution < 1.29 is 13.2 Å². The molecule has 0 unspecified atom stereocenters. The summed E-state index contributed by atoms with van der Waals surface area (Å²) < 4.78 is 28.7. The minimum atomic E-state index is -3.68. The molecule has 7 heteroatoms. The largest absolute Gasteiger partial charge is 0.379 e. The van der Waals surface area contributed by atoms with Crippen molar-refractivity contribution in [3.05, 3.63) is 12.4 Å². The third-order valence-corrected chi connectivity index (χ3v) is 3.12. The second-order valence-electron chi connectivity index (χ2n) is 3.85. The molecule has 0 amide bonds. The fraction of sp³-hybridized carbons (Fsp3) is 0.667. The van der Waals surface area contributed by atoms with E-state index in [1.54, 1.807) is 0 Å². The zero-order valence-electron chi connectivity index (χ0n) is 9.26. The van der Waals surface area contributed by atoms with Gasteiger partial charge < -0.3 is 4.74 Å². The molecule has 0 aliphatic heterocycles. The van der Waals surface area contributed by atoms with Crippen molar-refractivity contribution in [1.82, 2.24) is 9.78 Å². The first-order valence-electron chi connectivity index (χ1n) is 4.94. The molecule has 0 aliphatic carbocycles. The molecule has 0 fully saturated rings. The molecule has 1 aromatic heterocycles. The monoisotopic (exact) mass is 266 g/mol. The molecule has 0 saturated carbocycles. The summed E-state index contributed by atoms with van der Waals surface area (Å²) in [5.74, 6) is 0.483. The topological polar surface area (TPSA) is 61.2 Å². The van der Waals surface area contributed by atoms with E-state index in [1.165, 1.54) is 17.1 Å². The van der Waals surface area contributed by atoms with Gasteiger partial charge in [-0.15, -0.1) is 0 Å². The highest BCUT2D eigenvalue weighted by atomic mass is 35.7. The van der Waals surface area contributed by atoms with Gasteiger partial charge in [-0.3, -0.25) is 4.68 Å². The zero-order chi connectivity index (χ0) is 12.2. The van der Waals surface area contributed by atoms with Crippen LogP contribution in [0.15, 0.2) is 17.3 Å². The van der Waals surface area contributed by atoms with Crippen molar-refractivity contribution in [3.8, 4) is 0 Å². The number of nitrogens with zero attached hydrogens (tertiary/aromatic N) is 2. The second-order valence-corrected chi connectivity index (χ2v) is 6.41. The van der Waals surface area contributed by atoms with E-state index in [4.69, 9.17) is 15.4 Å². The molecule has 5 nitrogen and oxygen atoms in total. The third kappa shape index (κ3) is 4.51. The molecule has 0 N–H and O–H groups in total. The lowest BCUT2D eigenvalue weighted by Gasteiger charge is -2.06. The maximum Gasteiger partial charge on any atom is 0.264 e. The Morgan fingerprint density at radius 1 is 1.56 bits per heavy atom. The average molecular weight is 267 g/mol. The standard InChI is InChI=1S/C9H15ClN2O3S/c1-8(2)7-15-4-3-12-6-9(5-11-12)16(10,13)14/h5-6,8H,3-4,7H2,1-2H3. The molecule has 0 aromatic carbocycles. The van der Waals surface area contributed by atoms with E-state index in [0.29, 0.717) is 25.7 Å². The van der Waals surface area contributed by atoms with Gasteiger partial charge in [0.25, 0.3) is 9.05 Å². The Labute approximate surface area is 99.8 Å². The number of hydrogen-bond donors (Lipinski definition) is 0. The Morgan fingerprint density at radius 3 is 2.75 bits per heavy atom. The van der Waals surface area contributed by atoms with Crippen LogP contribution in [0.5, 0.6) is 0 Å². The van der Waals surface area contributed by atoms with Crippen molar-refractivity contribution in [1.29, 1.82) is 0 Å². The molecular weight excluding hydrogens is 252 g/mol. The highest BCUT2D eigenvalue weighted by Crippen LogP contribution is 2.12. The predicted molar refractivity (Wildman–Crippen MR) is 60.9 cm³/mol. The summed E-state index contributed by atoms with van der Waals surface area (Å²) in [5, 5.41) is 3.87. The molecule has 0 bridgehead atoms. The highest BCUT2D eigenvalue weighted by Gasteiger charge is 2.12. The quantitative estimate of drug-likeness (QED) is 0.578. The lowest BCUT2D eigenvalue weighted by molar-refractivity contribution is 0.101. The maximum atomic E-state index is 10.9. The minimum absolute atomic E-state index is 0.0121. The van der Waals surface area contributed by atoms with Gasteiger partial charge in [-0.05, 0) is 5.92 Å². The number of ether oxygens (including phenoxy) is 1. The first kappa shape index (κ1) is 13.5. The molecule has 1 rings (SSSR count). The first-order valence-corrected chi connectivity index (χ1v) is 7.25. The second kappa shape index (κ2) is 5.65. The molecule has 1 aromatic rings. The van der Waals surface area contributed by atoms with Gasteiger partial charge in [-0.1, -0.05) is 13.8 Å². The van der Waals surface area contributed by atoms with Gasteiger partial charge in [-0.2, -0.15) is 5.10 Å². The van der Waals surface area contributed by atoms with Gasteiger partial charge >= 0.3 is 0 Å². The summed E-state index contributed by atoms with van der Waals surface area (Å²) in [6.45, 7) is 5.82. The van der Waals surface area contributed by atoms with Crippen molar-refractivity contribution in [2.45, 2.75) is 25.3 Å². The summed E-state index contributed by atoms with van der Waals surface area (Å²) in [5.41, 5.74) is 0. The van der Waals surface area contributed by atoms with Crippen LogP contribution in [0, 0.1) is 5.92 Å². The van der Waals surface area contributed by atoms with Crippen LogP contribution < -0.4 is 0 Å². The minimum Gasteiger partial charge on any atom is -0.379 e. The van der Waals surface area contributed by atoms with E-state index in [9.17, 15) is 8.42 Å². The average Bonchev–Trinajstić information content (AvgIpc) is 2.59. The van der Waals surface area contributed by atoms with Gasteiger partial charge in [0.15, 0.2) is 0 Å². The lowest BCUT2D eigenvalue weighted by atomic mass is 10.2. The summed E-state index contributed by atoms with van der Waals surface area (Å²) in [4.78, 5) is 0.0121. The van der Waals surface area contributed by atoms with Gasteiger partial charge in [0.05, 0.1) is 19.3 Å². The van der Waals surface area contributed by atoms with E-state index < -0.39 is 9.05 Å². The third-order valence-electron chi connectivity index (χ3n) is 1.81. The Kier molecular flexibility index (Phi) is 4.76. The van der Waals surface area contributed by atoms with Crippen LogP contribution in [-0.2, 0) is 20.3 Å². The highest BCUT2D eigenvalue weighted by molar-refractivity contribution is 8.13. The Morgan fingerprint density at radius 2 is 2.25 bits per heavy atom. The Hall–Kier alpha value is -0.590. The number of hydrogen-bond acceptors (Lipinski definition) is 4. The normalized spacial score (nSPS) is 12.2. The molecule has 0 aliphatic rings. The van der Waals surface area contributed by atoms with Crippen LogP contribution in [0.1, 0.15) is 13.8 Å². The fourth-order valence-corrected chi connectivity index (χ4v) is 1.73. The molecule has 0 spiro atoms. The van der Waals surface area contributed by atoms with Crippen molar-refractivity contribution in [2.24, 2.45) is 5.92 Å². The zero-order valence-corrected chi connectivity index (χ0v) is 10.8. The summed E-state index contributed by atoms with van der Waals surface area (Å²) in [6, 6.07) is 0. The van der Waals surface area contributed by atoms with Crippen LogP contribution >= 0.6 is 10.7 Å². The molecule has 0 atom stereocenters. The van der Waals surface area contributed by atoms with Crippen molar-refractivity contribution >= 4 is 19.7 Å². The van der Waals surface area contributed by atoms with Crippen LogP contribution in [0.25, 0.3) is 0 Å². The molecule has 16 heavy (non-hydrogen) atoms. The summed E-state index contributed by atoms with van der Waals surface area (Å²) in [7, 11) is 1.48. The number of rotatable bonds is 6. The van der Waals surface area contributed by atoms with E-state index in [2.05, 4.69) is 18.9 Å². The van der Waals surface area contributed by atoms with E-state index in [-0.39, 0.29) is 4.90 Å². The summed E-state index contributed by atoms with van der Waals surface area (Å²) >= 11 is 0. The number of halogens is 1. The Bertz CT molecular complexity index is 428. The van der Waals surface area contributed by atoms with E-state index in [1.807, 2.05) is 0 Å². The molecular formula is C9H15ClN2O3S. The van der Waals surface area contributed by atoms with Gasteiger partial charge in [0.1, 0.15) is 4.90 Å². The van der Waals surface area contributed by atoms with Gasteiger partial charge in [0.2, 0.25) is 0 Å². The fourth-order valence-electron chi connectivity index (χ4n) is 1.07. The van der Waals surface area contributed by atoms with Gasteiger partial charge in [-0.25, -0.2) is 8.42 Å². The predicted octanol–water partition coefficient (Wildman–Crippen LogP) is 1.48. The molecule has 1 heterocycles. The van der Waals surface area contributed by atoms with Crippen LogP contribution in [0.3, 0.4) is 0 Å². The Balaban J connectivity index is 2.42. The SMILES string of the molecule is CC(C)COCCn1cc(S(=O)(=O)Cl)cn1. The van der Waals surface area contributed by atoms with E-state index >= 15 is 0 Å². The molecule has 92 valence electrons. The van der Waals surface area contributed by atoms with Crippen LogP contribution in [0.4, 0.5) is 0 Å². The maximum absolute atomic E-state index is 10.9. The number of aromatic nitrogens is 2. The van der Waals surface area contributed by atoms with Gasteiger partial charge in [0, 0.05) is 23.5 Å². The lowest BCUT2D eigenvalue weighted by Crippen LogP contribution is -2.09. The van der Waals surface area contributed by atoms with Crippen molar-refractivity contribution in [2.75, 3.05) is 13.2 Å². The molecule has 0 radical (unpaired) electrons. The first-order chi connectivity index (χ1) is 7.39. The van der Waals surface area contributed by atoms with Crippen LogP contribution in [0.2, 0.25) is 0 Å².